The van der Waals surface area contributed by atoms with Crippen molar-refractivity contribution in [1.29, 1.82) is 0 Å². The van der Waals surface area contributed by atoms with E-state index < -0.39 is 17.8 Å². The number of carbonyl (C=O) groups is 2. The molecule has 9 nitrogen and oxygen atoms in total. The fraction of sp³-hybridized carbons (Fsp3) is 0.333. The van der Waals surface area contributed by atoms with Gasteiger partial charge in [0.2, 0.25) is 11.8 Å². The molecule has 2 amide bonds. The molecular formula is C30H32FN5O4. The number of anilines is 1. The summed E-state index contributed by atoms with van der Waals surface area (Å²) in [6.07, 6.45) is 3.76. The molecule has 208 valence electrons. The summed E-state index contributed by atoms with van der Waals surface area (Å²) in [6, 6.07) is 15.7. The van der Waals surface area contributed by atoms with Crippen LogP contribution < -0.4 is 19.7 Å². The van der Waals surface area contributed by atoms with Crippen molar-refractivity contribution in [2.75, 3.05) is 19.1 Å². The van der Waals surface area contributed by atoms with E-state index in [2.05, 4.69) is 15.6 Å². The predicted molar refractivity (Wildman–Crippen MR) is 149 cm³/mol. The molecule has 1 fully saturated rings. The first-order valence-corrected chi connectivity index (χ1v) is 13.3. The Morgan fingerprint density at radius 1 is 1.07 bits per heavy atom. The molecule has 1 saturated carbocycles. The third-order valence-corrected chi connectivity index (χ3v) is 7.35. The predicted octanol–water partition coefficient (Wildman–Crippen LogP) is 4.73. The van der Waals surface area contributed by atoms with Gasteiger partial charge in [0.05, 0.1) is 19.7 Å². The maximum atomic E-state index is 14.9. The van der Waals surface area contributed by atoms with E-state index >= 15 is 0 Å². The van der Waals surface area contributed by atoms with E-state index in [1.165, 1.54) is 29.9 Å². The average Bonchev–Trinajstić information content (AvgIpc) is 3.63. The number of nitrogens with zero attached hydrogens (tertiary/aromatic N) is 4. The number of amides is 2. The molecule has 10 heteroatoms. The van der Waals surface area contributed by atoms with Gasteiger partial charge in [-0.05, 0) is 61.7 Å². The molecule has 0 saturated heterocycles. The van der Waals surface area contributed by atoms with Gasteiger partial charge in [0.25, 0.3) is 0 Å². The fourth-order valence-electron chi connectivity index (χ4n) is 5.20. The van der Waals surface area contributed by atoms with Gasteiger partial charge in [-0.3, -0.25) is 14.5 Å². The minimum Gasteiger partial charge on any atom is -0.497 e. The Labute approximate surface area is 231 Å². The van der Waals surface area contributed by atoms with Gasteiger partial charge in [0.15, 0.2) is 0 Å². The van der Waals surface area contributed by atoms with Crippen LogP contribution in [0.3, 0.4) is 0 Å². The number of methoxy groups -OCH3 is 2. The van der Waals surface area contributed by atoms with E-state index in [1.54, 1.807) is 43.3 Å². The van der Waals surface area contributed by atoms with Crippen LogP contribution in [-0.2, 0) is 16.1 Å². The lowest BCUT2D eigenvalue weighted by molar-refractivity contribution is -0.127. The molecule has 0 spiro atoms. The van der Waals surface area contributed by atoms with Crippen LogP contribution in [0, 0.1) is 12.7 Å². The Morgan fingerprint density at radius 2 is 1.85 bits per heavy atom. The highest BCUT2D eigenvalue weighted by atomic mass is 19.1. The summed E-state index contributed by atoms with van der Waals surface area (Å²) in [5.41, 5.74) is 2.40. The van der Waals surface area contributed by atoms with Gasteiger partial charge in [-0.2, -0.15) is 0 Å². The topological polar surface area (TPSA) is 98.6 Å². The van der Waals surface area contributed by atoms with Gasteiger partial charge in [0.1, 0.15) is 35.4 Å². The summed E-state index contributed by atoms with van der Waals surface area (Å²) < 4.78 is 27.4. The van der Waals surface area contributed by atoms with Crippen molar-refractivity contribution >= 4 is 28.5 Å². The van der Waals surface area contributed by atoms with E-state index in [0.29, 0.717) is 33.7 Å². The molecule has 1 atom stereocenters. The molecular weight excluding hydrogens is 513 g/mol. The molecule has 5 rings (SSSR count). The molecule has 3 aromatic carbocycles. The van der Waals surface area contributed by atoms with Gasteiger partial charge in [-0.15, -0.1) is 5.10 Å². The second-order valence-electron chi connectivity index (χ2n) is 9.93. The van der Waals surface area contributed by atoms with Crippen LogP contribution in [0.4, 0.5) is 10.1 Å². The van der Waals surface area contributed by atoms with E-state index in [1.807, 2.05) is 18.2 Å². The zero-order valence-corrected chi connectivity index (χ0v) is 22.8. The van der Waals surface area contributed by atoms with E-state index in [0.717, 1.165) is 25.7 Å². The second kappa shape index (κ2) is 11.7. The lowest BCUT2D eigenvalue weighted by atomic mass is 10.00. The summed E-state index contributed by atoms with van der Waals surface area (Å²) in [4.78, 5) is 29.6. The molecule has 0 unspecified atom stereocenters. The Morgan fingerprint density at radius 3 is 2.58 bits per heavy atom. The largest absolute Gasteiger partial charge is 0.497 e. The number of para-hydroxylation sites is 1. The summed E-state index contributed by atoms with van der Waals surface area (Å²) in [7, 11) is 3.02. The fourth-order valence-corrected chi connectivity index (χ4v) is 5.20. The number of rotatable bonds is 9. The number of hydrogen-bond donors (Lipinski definition) is 1. The van der Waals surface area contributed by atoms with Crippen LogP contribution in [0.2, 0.25) is 0 Å². The molecule has 4 aromatic rings. The van der Waals surface area contributed by atoms with Gasteiger partial charge in [-0.25, -0.2) is 9.07 Å². The molecule has 1 aliphatic carbocycles. The molecule has 1 heterocycles. The smallest absolute Gasteiger partial charge is 0.249 e. The first kappa shape index (κ1) is 27.1. The SMILES string of the molecule is COc1ccc([C@@H](C(=O)NC2CCCC2)N(C(=O)Cn2nnc3ccccc32)c2ccc(C)c(F)c2)c(OC)c1. The minimum absolute atomic E-state index is 0.00907. The Bertz CT molecular complexity index is 1530. The number of nitrogens with one attached hydrogen (secondary N) is 1. The monoisotopic (exact) mass is 545 g/mol. The van der Waals surface area contributed by atoms with Gasteiger partial charge in [-0.1, -0.05) is 36.3 Å². The quantitative estimate of drug-likeness (QED) is 0.327. The summed E-state index contributed by atoms with van der Waals surface area (Å²) >= 11 is 0. The van der Waals surface area contributed by atoms with Crippen molar-refractivity contribution < 1.29 is 23.5 Å². The van der Waals surface area contributed by atoms with E-state index in [9.17, 15) is 14.0 Å². The number of aromatic nitrogens is 3. The van der Waals surface area contributed by atoms with Crippen molar-refractivity contribution in [1.82, 2.24) is 20.3 Å². The number of halogens is 1. The van der Waals surface area contributed by atoms with Gasteiger partial charge in [0, 0.05) is 23.4 Å². The van der Waals surface area contributed by atoms with Crippen LogP contribution in [0.25, 0.3) is 11.0 Å². The molecule has 1 N–H and O–H groups in total. The standard InChI is InChI=1S/C30H32FN5O4/c1-19-12-13-21(16-24(19)31)36(28(37)18-35-26-11-7-6-10-25(26)33-34-35)29(30(38)32-20-8-4-5-9-20)23-15-14-22(39-2)17-27(23)40-3/h6-7,10-17,20,29H,4-5,8-9,18H2,1-3H3,(H,32,38)/t29-/m0/s1. The van der Waals surface area contributed by atoms with E-state index in [4.69, 9.17) is 9.47 Å². The maximum Gasteiger partial charge on any atom is 0.249 e. The number of carbonyl (C=O) groups excluding carboxylic acids is 2. The second-order valence-corrected chi connectivity index (χ2v) is 9.93. The molecule has 1 aromatic heterocycles. The van der Waals surface area contributed by atoms with E-state index in [-0.39, 0.29) is 24.2 Å². The highest BCUT2D eigenvalue weighted by Crippen LogP contribution is 2.37. The minimum atomic E-state index is -1.16. The third-order valence-electron chi connectivity index (χ3n) is 7.35. The lowest BCUT2D eigenvalue weighted by Gasteiger charge is -2.33. The van der Waals surface area contributed by atoms with Crippen LogP contribution >= 0.6 is 0 Å². The first-order valence-electron chi connectivity index (χ1n) is 13.3. The van der Waals surface area contributed by atoms with Crippen molar-refractivity contribution in [2.45, 2.75) is 51.2 Å². The van der Waals surface area contributed by atoms with Crippen molar-refractivity contribution in [3.05, 3.63) is 77.6 Å². The van der Waals surface area contributed by atoms with Gasteiger partial charge < -0.3 is 14.8 Å². The highest BCUT2D eigenvalue weighted by molar-refractivity contribution is 6.02. The first-order chi connectivity index (χ1) is 19.4. The van der Waals surface area contributed by atoms with Crippen molar-refractivity contribution in [2.24, 2.45) is 0 Å². The number of hydrogen-bond acceptors (Lipinski definition) is 6. The Kier molecular flexibility index (Phi) is 7.95. The summed E-state index contributed by atoms with van der Waals surface area (Å²) in [5.74, 6) is -0.443. The van der Waals surface area contributed by atoms with Crippen LogP contribution in [-0.4, -0.2) is 47.1 Å². The Hall–Kier alpha value is -4.47. The molecule has 0 radical (unpaired) electrons. The molecule has 0 aliphatic heterocycles. The van der Waals surface area contributed by atoms with Crippen LogP contribution in [0.5, 0.6) is 11.5 Å². The van der Waals surface area contributed by atoms with Crippen LogP contribution in [0.1, 0.15) is 42.9 Å². The molecule has 40 heavy (non-hydrogen) atoms. The average molecular weight is 546 g/mol. The number of aryl methyl sites for hydroxylation is 1. The van der Waals surface area contributed by atoms with Crippen molar-refractivity contribution in [3.63, 3.8) is 0 Å². The zero-order chi connectivity index (χ0) is 28.2. The summed E-state index contributed by atoms with van der Waals surface area (Å²) in [5, 5.41) is 11.4. The number of ether oxygens (including phenoxy) is 2. The third kappa shape index (κ3) is 5.47. The number of fused-ring (bicyclic) bond motifs is 1. The maximum absolute atomic E-state index is 14.9. The Balaban J connectivity index is 1.64. The number of benzene rings is 3. The normalized spacial score (nSPS) is 14.2. The van der Waals surface area contributed by atoms with Gasteiger partial charge >= 0.3 is 0 Å². The zero-order valence-electron chi connectivity index (χ0n) is 22.8. The lowest BCUT2D eigenvalue weighted by Crippen LogP contribution is -2.47. The molecule has 1 aliphatic rings. The van der Waals surface area contributed by atoms with Crippen LogP contribution in [0.15, 0.2) is 60.7 Å². The highest BCUT2D eigenvalue weighted by Gasteiger charge is 2.37. The molecule has 0 bridgehead atoms. The van der Waals surface area contributed by atoms with Crippen molar-refractivity contribution in [3.8, 4) is 11.5 Å². The summed E-state index contributed by atoms with van der Waals surface area (Å²) in [6.45, 7) is 1.42.